The number of anilines is 1. The van der Waals surface area contributed by atoms with E-state index in [1.54, 1.807) is 25.1 Å². The highest BCUT2D eigenvalue weighted by atomic mass is 32.1. The topological polar surface area (TPSA) is 115 Å². The number of thiazole rings is 1. The standard InChI is InChI=1S/C29H28N2O7S/c1-15-25(27(35)36-5)39-28(30-15)31-22(16-6-9-18(10-7-16)29(2,3)4)21(24(33)26(31)34)23(32)17-8-11-19-20(14-17)38-13-12-37-19/h6-11,14,22,32H,12-13H2,1-5H3. The average molecular weight is 549 g/mol. The predicted molar refractivity (Wildman–Crippen MR) is 146 cm³/mol. The van der Waals surface area contributed by atoms with Crippen molar-refractivity contribution in [1.29, 1.82) is 0 Å². The van der Waals surface area contributed by atoms with Gasteiger partial charge in [-0.2, -0.15) is 0 Å². The molecule has 1 unspecified atom stereocenters. The molecule has 3 aromatic rings. The highest BCUT2D eigenvalue weighted by Crippen LogP contribution is 2.45. The van der Waals surface area contributed by atoms with Crippen LogP contribution in [0.5, 0.6) is 11.5 Å². The molecule has 0 aliphatic carbocycles. The molecule has 5 rings (SSSR count). The van der Waals surface area contributed by atoms with Gasteiger partial charge in [0.1, 0.15) is 23.9 Å². The van der Waals surface area contributed by atoms with E-state index < -0.39 is 23.7 Å². The van der Waals surface area contributed by atoms with Crippen LogP contribution in [0.3, 0.4) is 0 Å². The molecular weight excluding hydrogens is 520 g/mol. The number of ketones is 1. The number of aliphatic hydroxyl groups is 1. The lowest BCUT2D eigenvalue weighted by Gasteiger charge is -2.25. The first-order chi connectivity index (χ1) is 18.5. The summed E-state index contributed by atoms with van der Waals surface area (Å²) in [7, 11) is 1.26. The zero-order valence-corrected chi connectivity index (χ0v) is 23.0. The molecule has 1 N–H and O–H groups in total. The minimum atomic E-state index is -0.983. The summed E-state index contributed by atoms with van der Waals surface area (Å²) in [5.74, 6) is -1.69. The van der Waals surface area contributed by atoms with Crippen LogP contribution in [0.15, 0.2) is 48.0 Å². The van der Waals surface area contributed by atoms with Crippen molar-refractivity contribution in [3.05, 3.63) is 75.3 Å². The van der Waals surface area contributed by atoms with Crippen molar-refractivity contribution in [3.63, 3.8) is 0 Å². The number of rotatable bonds is 4. The Labute approximate surface area is 229 Å². The number of fused-ring (bicyclic) bond motifs is 1. The Hall–Kier alpha value is -4.18. The number of aromatic nitrogens is 1. The maximum atomic E-state index is 13.5. The number of esters is 1. The van der Waals surface area contributed by atoms with Crippen LogP contribution < -0.4 is 14.4 Å². The molecule has 0 radical (unpaired) electrons. The van der Waals surface area contributed by atoms with Crippen LogP contribution in [-0.4, -0.2) is 48.1 Å². The smallest absolute Gasteiger partial charge is 0.350 e. The third-order valence-corrected chi connectivity index (χ3v) is 7.85. The number of methoxy groups -OCH3 is 1. The van der Waals surface area contributed by atoms with E-state index in [9.17, 15) is 19.5 Å². The molecule has 39 heavy (non-hydrogen) atoms. The predicted octanol–water partition coefficient (Wildman–Crippen LogP) is 4.93. The summed E-state index contributed by atoms with van der Waals surface area (Å²) in [5.41, 5.74) is 2.14. The number of Topliss-reactive ketones (excluding diaryl/α,β-unsaturated/α-hetero) is 1. The minimum Gasteiger partial charge on any atom is -0.507 e. The zero-order chi connectivity index (χ0) is 28.1. The molecule has 2 aromatic carbocycles. The van der Waals surface area contributed by atoms with E-state index in [0.717, 1.165) is 16.9 Å². The van der Waals surface area contributed by atoms with Crippen molar-refractivity contribution < 1.29 is 33.7 Å². The van der Waals surface area contributed by atoms with Crippen molar-refractivity contribution in [1.82, 2.24) is 4.98 Å². The summed E-state index contributed by atoms with van der Waals surface area (Å²) >= 11 is 0.956. The van der Waals surface area contributed by atoms with Gasteiger partial charge in [0.05, 0.1) is 24.4 Å². The molecule has 0 spiro atoms. The van der Waals surface area contributed by atoms with Crippen LogP contribution in [0.4, 0.5) is 5.13 Å². The molecule has 1 saturated heterocycles. The van der Waals surface area contributed by atoms with Gasteiger partial charge in [-0.1, -0.05) is 56.4 Å². The maximum absolute atomic E-state index is 13.5. The number of nitrogens with zero attached hydrogens (tertiary/aromatic N) is 2. The minimum absolute atomic E-state index is 0.0901. The van der Waals surface area contributed by atoms with Crippen LogP contribution in [0.2, 0.25) is 0 Å². The van der Waals surface area contributed by atoms with E-state index >= 15 is 0 Å². The van der Waals surface area contributed by atoms with Gasteiger partial charge in [0.2, 0.25) is 0 Å². The maximum Gasteiger partial charge on any atom is 0.350 e. The third-order valence-electron chi connectivity index (χ3n) is 6.71. The largest absolute Gasteiger partial charge is 0.507 e. The van der Waals surface area contributed by atoms with Crippen LogP contribution in [0.25, 0.3) is 5.76 Å². The second kappa shape index (κ2) is 9.85. The third kappa shape index (κ3) is 4.65. The van der Waals surface area contributed by atoms with E-state index in [4.69, 9.17) is 14.2 Å². The summed E-state index contributed by atoms with van der Waals surface area (Å²) in [4.78, 5) is 45.2. The second-order valence-corrected chi connectivity index (χ2v) is 11.3. The monoisotopic (exact) mass is 548 g/mol. The fourth-order valence-corrected chi connectivity index (χ4v) is 5.64. The zero-order valence-electron chi connectivity index (χ0n) is 22.2. The number of hydrogen-bond acceptors (Lipinski definition) is 9. The summed E-state index contributed by atoms with van der Waals surface area (Å²) in [6, 6.07) is 11.4. The summed E-state index contributed by atoms with van der Waals surface area (Å²) < 4.78 is 16.1. The van der Waals surface area contributed by atoms with Gasteiger partial charge in [0, 0.05) is 5.56 Å². The van der Waals surface area contributed by atoms with Crippen molar-refractivity contribution in [3.8, 4) is 11.5 Å². The van der Waals surface area contributed by atoms with Gasteiger partial charge < -0.3 is 19.3 Å². The lowest BCUT2D eigenvalue weighted by molar-refractivity contribution is -0.132. The van der Waals surface area contributed by atoms with Gasteiger partial charge in [-0.25, -0.2) is 9.78 Å². The second-order valence-electron chi connectivity index (χ2n) is 10.3. The Balaban J connectivity index is 1.68. The van der Waals surface area contributed by atoms with Crippen LogP contribution in [-0.2, 0) is 19.7 Å². The lowest BCUT2D eigenvalue weighted by atomic mass is 9.85. The highest BCUT2D eigenvalue weighted by molar-refractivity contribution is 7.17. The van der Waals surface area contributed by atoms with Gasteiger partial charge in [0.25, 0.3) is 5.78 Å². The number of carbonyl (C=O) groups excluding carboxylic acids is 3. The lowest BCUT2D eigenvalue weighted by Crippen LogP contribution is -2.29. The normalized spacial score (nSPS) is 18.4. The van der Waals surface area contributed by atoms with Crippen molar-refractivity contribution in [2.75, 3.05) is 25.2 Å². The molecule has 1 aromatic heterocycles. The van der Waals surface area contributed by atoms with Gasteiger partial charge in [-0.15, -0.1) is 0 Å². The SMILES string of the molecule is COC(=O)c1sc(N2C(=O)C(=O)C(=C(O)c3ccc4c(c3)OCCO4)C2c2ccc(C(C)(C)C)cc2)nc1C. The van der Waals surface area contributed by atoms with Crippen molar-refractivity contribution >= 4 is 39.9 Å². The van der Waals surface area contributed by atoms with Gasteiger partial charge in [-0.05, 0) is 41.7 Å². The average Bonchev–Trinajstić information content (AvgIpc) is 3.43. The summed E-state index contributed by atoms with van der Waals surface area (Å²) in [5, 5.41) is 11.6. The fraction of sp³-hybridized carbons (Fsp3) is 0.310. The Kier molecular flexibility index (Phi) is 6.67. The molecule has 1 amide bonds. The van der Waals surface area contributed by atoms with E-state index in [2.05, 4.69) is 25.8 Å². The molecule has 3 heterocycles. The summed E-state index contributed by atoms with van der Waals surface area (Å²) in [6.45, 7) is 8.65. The molecule has 2 aliphatic rings. The van der Waals surface area contributed by atoms with Gasteiger partial charge >= 0.3 is 11.9 Å². The Morgan fingerprint density at radius 2 is 1.74 bits per heavy atom. The van der Waals surface area contributed by atoms with E-state index in [1.165, 1.54) is 12.0 Å². The molecule has 0 saturated carbocycles. The first-order valence-corrected chi connectivity index (χ1v) is 13.2. The number of aryl methyl sites for hydroxylation is 1. The highest BCUT2D eigenvalue weighted by Gasteiger charge is 2.48. The molecule has 10 heteroatoms. The van der Waals surface area contributed by atoms with Crippen LogP contribution in [0, 0.1) is 6.92 Å². The molecular formula is C29H28N2O7S. The van der Waals surface area contributed by atoms with Gasteiger partial charge in [0.15, 0.2) is 16.6 Å². The Morgan fingerprint density at radius 1 is 1.08 bits per heavy atom. The molecule has 9 nitrogen and oxygen atoms in total. The molecule has 1 fully saturated rings. The number of aliphatic hydroxyl groups excluding tert-OH is 1. The molecule has 1 atom stereocenters. The van der Waals surface area contributed by atoms with E-state index in [0.29, 0.717) is 41.5 Å². The number of ether oxygens (including phenoxy) is 3. The quantitative estimate of drug-likeness (QED) is 0.211. The molecule has 202 valence electrons. The van der Waals surface area contributed by atoms with Crippen molar-refractivity contribution in [2.45, 2.75) is 39.2 Å². The Bertz CT molecular complexity index is 1520. The number of benzene rings is 2. The van der Waals surface area contributed by atoms with Crippen LogP contribution >= 0.6 is 11.3 Å². The summed E-state index contributed by atoms with van der Waals surface area (Å²) in [6.07, 6.45) is 0. The molecule has 0 bridgehead atoms. The van der Waals surface area contributed by atoms with Gasteiger partial charge in [-0.3, -0.25) is 14.5 Å². The first kappa shape index (κ1) is 26.4. The fourth-order valence-electron chi connectivity index (χ4n) is 4.62. The number of carbonyl (C=O) groups is 3. The first-order valence-electron chi connectivity index (χ1n) is 12.4. The molecule has 2 aliphatic heterocycles. The van der Waals surface area contributed by atoms with Crippen LogP contribution in [0.1, 0.15) is 58.9 Å². The Morgan fingerprint density at radius 3 is 2.38 bits per heavy atom. The number of hydrogen-bond donors (Lipinski definition) is 1. The van der Waals surface area contributed by atoms with E-state index in [-0.39, 0.29) is 26.8 Å². The van der Waals surface area contributed by atoms with Crippen molar-refractivity contribution in [2.24, 2.45) is 0 Å². The number of amides is 1. The van der Waals surface area contributed by atoms with E-state index in [1.807, 2.05) is 24.3 Å².